The van der Waals surface area contributed by atoms with Crippen LogP contribution in [0, 0.1) is 17.5 Å². The molecule has 0 aliphatic rings. The van der Waals surface area contributed by atoms with E-state index in [9.17, 15) is 22.8 Å². The number of carbonyl (C=O) groups is 2. The standard InChI is InChI=1S/C23H22F3N3O3/c1-2-3-8-29(23(31)16-9-18(25)11-19(26)10-16)14-20-12-21(28-32-20)22(30)27-13-15-4-6-17(24)7-5-15/h4-7,9-12H,2-3,8,13-14H2,1H3,(H,27,30). The topological polar surface area (TPSA) is 75.4 Å². The number of aromatic nitrogens is 1. The summed E-state index contributed by atoms with van der Waals surface area (Å²) in [5.41, 5.74) is 0.610. The number of nitrogens with one attached hydrogen (secondary N) is 1. The van der Waals surface area contributed by atoms with Crippen molar-refractivity contribution in [3.63, 3.8) is 0 Å². The van der Waals surface area contributed by atoms with Gasteiger partial charge in [0.25, 0.3) is 11.8 Å². The molecule has 2 amide bonds. The normalized spacial score (nSPS) is 10.8. The van der Waals surface area contributed by atoms with Gasteiger partial charge in [0.1, 0.15) is 17.5 Å². The quantitative estimate of drug-likeness (QED) is 0.528. The Balaban J connectivity index is 1.67. The number of hydrogen-bond acceptors (Lipinski definition) is 4. The average molecular weight is 445 g/mol. The highest BCUT2D eigenvalue weighted by Gasteiger charge is 2.21. The average Bonchev–Trinajstić information content (AvgIpc) is 3.23. The Kier molecular flexibility index (Phi) is 7.64. The van der Waals surface area contributed by atoms with Crippen molar-refractivity contribution in [3.05, 3.63) is 88.6 Å². The highest BCUT2D eigenvalue weighted by atomic mass is 19.1. The molecule has 0 atom stereocenters. The molecule has 0 unspecified atom stereocenters. The molecule has 0 radical (unpaired) electrons. The highest BCUT2D eigenvalue weighted by molar-refractivity contribution is 5.94. The third-order valence-corrected chi connectivity index (χ3v) is 4.68. The van der Waals surface area contributed by atoms with Gasteiger partial charge in [-0.05, 0) is 36.2 Å². The number of halogens is 3. The zero-order valence-electron chi connectivity index (χ0n) is 17.4. The second-order valence-corrected chi connectivity index (χ2v) is 7.23. The second kappa shape index (κ2) is 10.6. The largest absolute Gasteiger partial charge is 0.359 e. The van der Waals surface area contributed by atoms with Crippen LogP contribution in [0.2, 0.25) is 0 Å². The van der Waals surface area contributed by atoms with Gasteiger partial charge < -0.3 is 14.7 Å². The summed E-state index contributed by atoms with van der Waals surface area (Å²) >= 11 is 0. The molecule has 0 fully saturated rings. The van der Waals surface area contributed by atoms with E-state index >= 15 is 0 Å². The summed E-state index contributed by atoms with van der Waals surface area (Å²) in [5, 5.41) is 6.38. The van der Waals surface area contributed by atoms with Gasteiger partial charge >= 0.3 is 0 Å². The summed E-state index contributed by atoms with van der Waals surface area (Å²) in [6.45, 7) is 2.44. The van der Waals surface area contributed by atoms with Crippen LogP contribution in [0.3, 0.4) is 0 Å². The molecule has 0 spiro atoms. The van der Waals surface area contributed by atoms with E-state index in [2.05, 4.69) is 10.5 Å². The number of unbranched alkanes of at least 4 members (excludes halogenated alkanes) is 1. The van der Waals surface area contributed by atoms with Crippen LogP contribution in [-0.4, -0.2) is 28.4 Å². The SMILES string of the molecule is CCCCN(Cc1cc(C(=O)NCc2ccc(F)cc2)no1)C(=O)c1cc(F)cc(F)c1. The molecule has 3 rings (SSSR count). The van der Waals surface area contributed by atoms with Gasteiger partial charge in [-0.3, -0.25) is 9.59 Å². The van der Waals surface area contributed by atoms with Crippen molar-refractivity contribution in [2.75, 3.05) is 6.54 Å². The summed E-state index contributed by atoms with van der Waals surface area (Å²) in [6.07, 6.45) is 1.47. The van der Waals surface area contributed by atoms with Crippen LogP contribution < -0.4 is 5.32 Å². The Morgan fingerprint density at radius 3 is 2.34 bits per heavy atom. The molecule has 0 aliphatic heterocycles. The Morgan fingerprint density at radius 1 is 1.00 bits per heavy atom. The van der Waals surface area contributed by atoms with E-state index in [0.29, 0.717) is 24.6 Å². The van der Waals surface area contributed by atoms with E-state index in [1.54, 1.807) is 12.1 Å². The minimum absolute atomic E-state index is 0.0156. The number of benzene rings is 2. The second-order valence-electron chi connectivity index (χ2n) is 7.23. The van der Waals surface area contributed by atoms with Gasteiger partial charge in [0.2, 0.25) is 0 Å². The monoisotopic (exact) mass is 445 g/mol. The first-order valence-corrected chi connectivity index (χ1v) is 10.1. The molecule has 0 bridgehead atoms. The fourth-order valence-electron chi connectivity index (χ4n) is 3.02. The predicted molar refractivity (Wildman–Crippen MR) is 110 cm³/mol. The van der Waals surface area contributed by atoms with E-state index in [1.165, 1.54) is 23.1 Å². The predicted octanol–water partition coefficient (Wildman–Crippen LogP) is 4.46. The van der Waals surface area contributed by atoms with Gasteiger partial charge in [-0.25, -0.2) is 13.2 Å². The van der Waals surface area contributed by atoms with E-state index in [-0.39, 0.29) is 35.9 Å². The lowest BCUT2D eigenvalue weighted by Gasteiger charge is -2.21. The molecule has 0 aliphatic carbocycles. The Bertz CT molecular complexity index is 1060. The van der Waals surface area contributed by atoms with Crippen LogP contribution in [0.5, 0.6) is 0 Å². The molecular formula is C23H22F3N3O3. The van der Waals surface area contributed by atoms with E-state index in [1.807, 2.05) is 6.92 Å². The number of rotatable bonds is 9. The smallest absolute Gasteiger partial charge is 0.273 e. The Morgan fingerprint density at radius 2 is 1.69 bits per heavy atom. The molecule has 0 saturated heterocycles. The molecule has 9 heteroatoms. The number of hydrogen-bond donors (Lipinski definition) is 1. The van der Waals surface area contributed by atoms with Crippen LogP contribution in [0.1, 0.15) is 51.9 Å². The molecule has 1 heterocycles. The summed E-state index contributed by atoms with van der Waals surface area (Å²) in [4.78, 5) is 26.5. The van der Waals surface area contributed by atoms with Crippen molar-refractivity contribution in [2.24, 2.45) is 0 Å². The fourth-order valence-corrected chi connectivity index (χ4v) is 3.02. The van der Waals surface area contributed by atoms with Crippen LogP contribution in [0.15, 0.2) is 53.1 Å². The first-order valence-electron chi connectivity index (χ1n) is 10.1. The van der Waals surface area contributed by atoms with Gasteiger partial charge in [0.15, 0.2) is 11.5 Å². The first-order chi connectivity index (χ1) is 15.4. The van der Waals surface area contributed by atoms with Crippen LogP contribution in [-0.2, 0) is 13.1 Å². The molecule has 1 aromatic heterocycles. The maximum absolute atomic E-state index is 13.5. The molecule has 0 saturated carbocycles. The van der Waals surface area contributed by atoms with Crippen molar-refractivity contribution in [1.29, 1.82) is 0 Å². The number of nitrogens with zero attached hydrogens (tertiary/aromatic N) is 2. The van der Waals surface area contributed by atoms with E-state index in [4.69, 9.17) is 4.52 Å². The summed E-state index contributed by atoms with van der Waals surface area (Å²) in [6, 6.07) is 9.73. The van der Waals surface area contributed by atoms with Crippen LogP contribution in [0.25, 0.3) is 0 Å². The minimum Gasteiger partial charge on any atom is -0.359 e. The fraction of sp³-hybridized carbons (Fsp3) is 0.261. The van der Waals surface area contributed by atoms with Crippen molar-refractivity contribution in [1.82, 2.24) is 15.4 Å². The zero-order valence-corrected chi connectivity index (χ0v) is 17.4. The van der Waals surface area contributed by atoms with E-state index in [0.717, 1.165) is 18.6 Å². The van der Waals surface area contributed by atoms with Gasteiger partial charge in [-0.15, -0.1) is 0 Å². The molecular weight excluding hydrogens is 423 g/mol. The number of carbonyl (C=O) groups excluding carboxylic acids is 2. The number of amides is 2. The minimum atomic E-state index is -0.844. The molecule has 3 aromatic rings. The van der Waals surface area contributed by atoms with Crippen molar-refractivity contribution >= 4 is 11.8 Å². The Hall–Kier alpha value is -3.62. The van der Waals surface area contributed by atoms with Gasteiger partial charge in [-0.1, -0.05) is 30.6 Å². The molecule has 1 N–H and O–H groups in total. The van der Waals surface area contributed by atoms with Crippen molar-refractivity contribution in [2.45, 2.75) is 32.9 Å². The maximum atomic E-state index is 13.5. The highest BCUT2D eigenvalue weighted by Crippen LogP contribution is 2.15. The maximum Gasteiger partial charge on any atom is 0.273 e. The third-order valence-electron chi connectivity index (χ3n) is 4.68. The summed E-state index contributed by atoms with van der Waals surface area (Å²) in [5.74, 6) is -2.87. The third kappa shape index (κ3) is 6.19. The van der Waals surface area contributed by atoms with Gasteiger partial charge in [-0.2, -0.15) is 0 Å². The summed E-state index contributed by atoms with van der Waals surface area (Å²) in [7, 11) is 0. The van der Waals surface area contributed by atoms with Gasteiger partial charge in [0, 0.05) is 30.8 Å². The molecule has 2 aromatic carbocycles. The molecule has 6 nitrogen and oxygen atoms in total. The van der Waals surface area contributed by atoms with Crippen LogP contribution in [0.4, 0.5) is 13.2 Å². The Labute approximate surface area is 183 Å². The first kappa shape index (κ1) is 23.1. The van der Waals surface area contributed by atoms with Gasteiger partial charge in [0.05, 0.1) is 6.54 Å². The molecule has 168 valence electrons. The lowest BCUT2D eigenvalue weighted by atomic mass is 10.1. The lowest BCUT2D eigenvalue weighted by molar-refractivity contribution is 0.0723. The zero-order chi connectivity index (χ0) is 23.1. The molecule has 32 heavy (non-hydrogen) atoms. The summed E-state index contributed by atoms with van der Waals surface area (Å²) < 4.78 is 45.2. The van der Waals surface area contributed by atoms with Crippen molar-refractivity contribution in [3.8, 4) is 0 Å². The lowest BCUT2D eigenvalue weighted by Crippen LogP contribution is -2.31. The van der Waals surface area contributed by atoms with Crippen molar-refractivity contribution < 1.29 is 27.3 Å². The van der Waals surface area contributed by atoms with E-state index < -0.39 is 23.4 Å². The van der Waals surface area contributed by atoms with Crippen LogP contribution >= 0.6 is 0 Å².